The summed E-state index contributed by atoms with van der Waals surface area (Å²) >= 11 is 1.65. The maximum Gasteiger partial charge on any atom is 0.319 e. The molecule has 2 aromatic rings. The number of thioether (sulfide) groups is 1. The van der Waals surface area contributed by atoms with Gasteiger partial charge in [-0.05, 0) is 48.9 Å². The summed E-state index contributed by atoms with van der Waals surface area (Å²) in [5.74, 6) is 0. The molecule has 0 unspecified atom stereocenters. The molecule has 0 aliphatic rings. The highest BCUT2D eigenvalue weighted by molar-refractivity contribution is 7.98. The normalized spacial score (nSPS) is 11.8. The smallest absolute Gasteiger partial charge is 0.319 e. The third kappa shape index (κ3) is 4.53. The number of urea groups is 1. The van der Waals surface area contributed by atoms with Crippen molar-refractivity contribution in [3.8, 4) is 0 Å². The minimum absolute atomic E-state index is 0.0327. The summed E-state index contributed by atoms with van der Waals surface area (Å²) in [6, 6.07) is 15.9. The highest BCUT2D eigenvalue weighted by Crippen LogP contribution is 2.19. The molecule has 3 nitrogen and oxygen atoms in total. The molecule has 0 saturated carbocycles. The summed E-state index contributed by atoms with van der Waals surface area (Å²) in [5, 5.41) is 5.84. The number of hydrogen-bond acceptors (Lipinski definition) is 2. The third-order valence-electron chi connectivity index (χ3n) is 3.56. The van der Waals surface area contributed by atoms with Crippen LogP contribution in [0.3, 0.4) is 0 Å². The maximum absolute atomic E-state index is 12.1. The predicted molar refractivity (Wildman–Crippen MR) is 94.6 cm³/mol. The van der Waals surface area contributed by atoms with Gasteiger partial charge < -0.3 is 10.6 Å². The van der Waals surface area contributed by atoms with E-state index >= 15 is 0 Å². The Balaban J connectivity index is 1.95. The van der Waals surface area contributed by atoms with Crippen LogP contribution < -0.4 is 10.6 Å². The van der Waals surface area contributed by atoms with Crippen LogP contribution in [0.25, 0.3) is 0 Å². The molecule has 116 valence electrons. The number of nitrogens with one attached hydrogen (secondary N) is 2. The topological polar surface area (TPSA) is 41.1 Å². The molecule has 2 N–H and O–H groups in total. The van der Waals surface area contributed by atoms with Crippen LogP contribution in [0.2, 0.25) is 0 Å². The Morgan fingerprint density at radius 2 is 1.91 bits per heavy atom. The quantitative estimate of drug-likeness (QED) is 0.774. The van der Waals surface area contributed by atoms with E-state index in [0.717, 1.165) is 22.6 Å². The van der Waals surface area contributed by atoms with E-state index in [1.807, 2.05) is 37.4 Å². The van der Waals surface area contributed by atoms with E-state index in [4.69, 9.17) is 0 Å². The Hall–Kier alpha value is -1.94. The molecule has 0 spiro atoms. The molecule has 0 bridgehead atoms. The van der Waals surface area contributed by atoms with Crippen molar-refractivity contribution < 1.29 is 4.79 Å². The van der Waals surface area contributed by atoms with E-state index in [0.29, 0.717) is 0 Å². The monoisotopic (exact) mass is 314 g/mol. The summed E-state index contributed by atoms with van der Waals surface area (Å²) in [4.78, 5) is 13.2. The standard InChI is InChI=1S/C18H22N2OS/c1-4-14-8-10-15(11-9-14)13(2)19-18(21)20-16-6-5-7-17(12-16)22-3/h5-13H,4H2,1-3H3,(H2,19,20,21)/t13-/m0/s1. The van der Waals surface area contributed by atoms with Crippen LogP contribution >= 0.6 is 11.8 Å². The molecule has 0 saturated heterocycles. The van der Waals surface area contributed by atoms with Crippen LogP contribution in [0, 0.1) is 0 Å². The summed E-state index contributed by atoms with van der Waals surface area (Å²) in [7, 11) is 0. The Bertz CT molecular complexity index is 625. The Morgan fingerprint density at radius 3 is 2.55 bits per heavy atom. The van der Waals surface area contributed by atoms with E-state index in [1.165, 1.54) is 5.56 Å². The van der Waals surface area contributed by atoms with Gasteiger partial charge in [-0.3, -0.25) is 0 Å². The highest BCUT2D eigenvalue weighted by Gasteiger charge is 2.09. The number of aryl methyl sites for hydroxylation is 1. The average molecular weight is 314 g/mol. The minimum Gasteiger partial charge on any atom is -0.331 e. The van der Waals surface area contributed by atoms with Crippen LogP contribution in [0.1, 0.15) is 31.0 Å². The largest absolute Gasteiger partial charge is 0.331 e. The van der Waals surface area contributed by atoms with Gasteiger partial charge in [0, 0.05) is 10.6 Å². The number of carbonyl (C=O) groups is 1. The van der Waals surface area contributed by atoms with Gasteiger partial charge in [0.2, 0.25) is 0 Å². The molecular weight excluding hydrogens is 292 g/mol. The van der Waals surface area contributed by atoms with E-state index in [9.17, 15) is 4.79 Å². The predicted octanol–water partition coefficient (Wildman–Crippen LogP) is 4.85. The second-order valence-corrected chi connectivity index (χ2v) is 6.03. The Kier molecular flexibility index (Phi) is 5.90. The van der Waals surface area contributed by atoms with Gasteiger partial charge in [0.1, 0.15) is 0 Å². The molecule has 1 atom stereocenters. The first-order valence-electron chi connectivity index (χ1n) is 7.42. The molecule has 0 aromatic heterocycles. The van der Waals surface area contributed by atoms with Crippen LogP contribution in [-0.2, 0) is 6.42 Å². The Labute approximate surface area is 136 Å². The molecule has 0 aliphatic heterocycles. The van der Waals surface area contributed by atoms with Crippen molar-refractivity contribution in [3.05, 3.63) is 59.7 Å². The number of carbonyl (C=O) groups excluding carboxylic acids is 1. The van der Waals surface area contributed by atoms with Crippen LogP contribution in [-0.4, -0.2) is 12.3 Å². The first kappa shape index (κ1) is 16.4. The van der Waals surface area contributed by atoms with Gasteiger partial charge in [0.05, 0.1) is 6.04 Å². The van der Waals surface area contributed by atoms with Crippen LogP contribution in [0.5, 0.6) is 0 Å². The first-order chi connectivity index (χ1) is 10.6. The number of benzene rings is 2. The number of rotatable bonds is 5. The van der Waals surface area contributed by atoms with E-state index in [1.54, 1.807) is 11.8 Å². The molecule has 22 heavy (non-hydrogen) atoms. The zero-order valence-electron chi connectivity index (χ0n) is 13.2. The second-order valence-electron chi connectivity index (χ2n) is 5.15. The van der Waals surface area contributed by atoms with Crippen molar-refractivity contribution in [1.82, 2.24) is 5.32 Å². The fourth-order valence-corrected chi connectivity index (χ4v) is 2.65. The third-order valence-corrected chi connectivity index (χ3v) is 4.29. The lowest BCUT2D eigenvalue weighted by atomic mass is 10.1. The van der Waals surface area contributed by atoms with Crippen molar-refractivity contribution in [2.45, 2.75) is 31.2 Å². The van der Waals surface area contributed by atoms with E-state index in [2.05, 4.69) is 41.8 Å². The second kappa shape index (κ2) is 7.90. The van der Waals surface area contributed by atoms with E-state index < -0.39 is 0 Å². The fourth-order valence-electron chi connectivity index (χ4n) is 2.19. The zero-order chi connectivity index (χ0) is 15.9. The maximum atomic E-state index is 12.1. The summed E-state index contributed by atoms with van der Waals surface area (Å²) in [6.45, 7) is 4.12. The molecule has 2 rings (SSSR count). The van der Waals surface area contributed by atoms with E-state index in [-0.39, 0.29) is 12.1 Å². The molecular formula is C18H22N2OS. The number of hydrogen-bond donors (Lipinski definition) is 2. The lowest BCUT2D eigenvalue weighted by molar-refractivity contribution is 0.249. The zero-order valence-corrected chi connectivity index (χ0v) is 14.0. The lowest BCUT2D eigenvalue weighted by Crippen LogP contribution is -2.31. The molecule has 4 heteroatoms. The van der Waals surface area contributed by atoms with Gasteiger partial charge in [0.25, 0.3) is 0 Å². The van der Waals surface area contributed by atoms with Crippen molar-refractivity contribution in [3.63, 3.8) is 0 Å². The van der Waals surface area contributed by atoms with Gasteiger partial charge in [-0.15, -0.1) is 11.8 Å². The van der Waals surface area contributed by atoms with Gasteiger partial charge in [-0.25, -0.2) is 4.79 Å². The van der Waals surface area contributed by atoms with Crippen molar-refractivity contribution in [2.75, 3.05) is 11.6 Å². The molecule has 2 amide bonds. The lowest BCUT2D eigenvalue weighted by Gasteiger charge is -2.15. The summed E-state index contributed by atoms with van der Waals surface area (Å²) in [5.41, 5.74) is 3.21. The van der Waals surface area contributed by atoms with Crippen LogP contribution in [0.15, 0.2) is 53.4 Å². The minimum atomic E-state index is -0.190. The molecule has 0 aliphatic carbocycles. The summed E-state index contributed by atoms with van der Waals surface area (Å²) < 4.78 is 0. The SMILES string of the molecule is CCc1ccc([C@H](C)NC(=O)Nc2cccc(SC)c2)cc1. The van der Waals surface area contributed by atoms with Gasteiger partial charge in [-0.1, -0.05) is 37.3 Å². The highest BCUT2D eigenvalue weighted by atomic mass is 32.2. The molecule has 2 aromatic carbocycles. The molecule has 0 radical (unpaired) electrons. The van der Waals surface area contributed by atoms with Crippen molar-refractivity contribution in [2.24, 2.45) is 0 Å². The van der Waals surface area contributed by atoms with Gasteiger partial charge in [-0.2, -0.15) is 0 Å². The first-order valence-corrected chi connectivity index (χ1v) is 8.65. The Morgan fingerprint density at radius 1 is 1.18 bits per heavy atom. The van der Waals surface area contributed by atoms with Crippen molar-refractivity contribution in [1.29, 1.82) is 0 Å². The number of anilines is 1. The van der Waals surface area contributed by atoms with Gasteiger partial charge in [0.15, 0.2) is 0 Å². The molecule has 0 fully saturated rings. The average Bonchev–Trinajstić information content (AvgIpc) is 2.55. The fraction of sp³-hybridized carbons (Fsp3) is 0.278. The number of amides is 2. The van der Waals surface area contributed by atoms with Crippen molar-refractivity contribution >= 4 is 23.5 Å². The van der Waals surface area contributed by atoms with Gasteiger partial charge >= 0.3 is 6.03 Å². The van der Waals surface area contributed by atoms with Crippen LogP contribution in [0.4, 0.5) is 10.5 Å². The molecule has 0 heterocycles. The summed E-state index contributed by atoms with van der Waals surface area (Å²) in [6.07, 6.45) is 3.04.